The van der Waals surface area contributed by atoms with Gasteiger partial charge in [0, 0.05) is 30.8 Å². The van der Waals surface area contributed by atoms with Crippen molar-refractivity contribution in [1.29, 1.82) is 0 Å². The number of hydrogen-bond acceptors (Lipinski definition) is 10. The van der Waals surface area contributed by atoms with Crippen molar-refractivity contribution in [1.82, 2.24) is 5.32 Å². The number of hydrogen-bond donors (Lipinski definition) is 2. The van der Waals surface area contributed by atoms with Gasteiger partial charge >= 0.3 is 17.7 Å². The molecule has 0 bridgehead atoms. The zero-order valence-corrected chi connectivity index (χ0v) is 26.0. The molecular formula is C32H44ClNO9. The Labute approximate surface area is 258 Å². The number of fused-ring (bicyclic) bond motifs is 1. The van der Waals surface area contributed by atoms with Crippen LogP contribution in [0, 0.1) is 0 Å². The Morgan fingerprint density at radius 2 is 1.53 bits per heavy atom. The number of rotatable bonds is 20. The Hall–Kier alpha value is -2.89. The normalized spacial score (nSPS) is 14.7. The van der Waals surface area contributed by atoms with Crippen LogP contribution >= 0.6 is 11.6 Å². The van der Waals surface area contributed by atoms with Crippen molar-refractivity contribution in [2.45, 2.75) is 70.8 Å². The summed E-state index contributed by atoms with van der Waals surface area (Å²) in [6, 6.07) is 12.1. The zero-order valence-electron chi connectivity index (χ0n) is 25.3. The first-order valence-corrected chi connectivity index (χ1v) is 15.3. The van der Waals surface area contributed by atoms with E-state index < -0.39 is 23.8 Å². The summed E-state index contributed by atoms with van der Waals surface area (Å²) in [7, 11) is 0. The minimum absolute atomic E-state index is 0.0798. The minimum atomic E-state index is -2.45. The molecule has 1 aliphatic rings. The first kappa shape index (κ1) is 34.6. The summed E-state index contributed by atoms with van der Waals surface area (Å²) in [6.07, 6.45) is 3.44. The van der Waals surface area contributed by atoms with E-state index in [1.165, 1.54) is 0 Å². The maximum atomic E-state index is 13.3. The molecule has 43 heavy (non-hydrogen) atoms. The van der Waals surface area contributed by atoms with Gasteiger partial charge in [-0.1, -0.05) is 62.6 Å². The van der Waals surface area contributed by atoms with E-state index in [4.69, 9.17) is 40.0 Å². The zero-order chi connectivity index (χ0) is 31.1. The summed E-state index contributed by atoms with van der Waals surface area (Å²) in [5.74, 6) is -4.04. The third-order valence-electron chi connectivity index (χ3n) is 6.72. The van der Waals surface area contributed by atoms with E-state index in [1.807, 2.05) is 19.1 Å². The van der Waals surface area contributed by atoms with Gasteiger partial charge in [0.2, 0.25) is 0 Å². The quantitative estimate of drug-likeness (QED) is 0.121. The third kappa shape index (κ3) is 10.4. The van der Waals surface area contributed by atoms with Crippen molar-refractivity contribution in [3.63, 3.8) is 0 Å². The van der Waals surface area contributed by atoms with Gasteiger partial charge in [0.1, 0.15) is 13.2 Å². The lowest BCUT2D eigenvalue weighted by Gasteiger charge is -2.23. The number of unbranched alkanes of at least 4 members (excludes halogenated alkanes) is 2. The molecule has 0 fully saturated rings. The molecule has 2 N–H and O–H groups in total. The Bertz CT molecular complexity index is 1130. The van der Waals surface area contributed by atoms with Crippen LogP contribution in [-0.2, 0) is 35.0 Å². The van der Waals surface area contributed by atoms with Crippen LogP contribution in [0.5, 0.6) is 11.5 Å². The second-order valence-electron chi connectivity index (χ2n) is 10.4. The van der Waals surface area contributed by atoms with Crippen LogP contribution in [0.15, 0.2) is 42.5 Å². The van der Waals surface area contributed by atoms with Crippen molar-refractivity contribution in [3.8, 4) is 11.5 Å². The molecule has 2 atom stereocenters. The molecule has 2 aromatic carbocycles. The van der Waals surface area contributed by atoms with Crippen LogP contribution in [-0.4, -0.2) is 75.1 Å². The maximum absolute atomic E-state index is 13.3. The molecule has 10 nitrogen and oxygen atoms in total. The van der Waals surface area contributed by atoms with Gasteiger partial charge in [0.25, 0.3) is 0 Å². The van der Waals surface area contributed by atoms with E-state index in [-0.39, 0.29) is 50.5 Å². The largest absolute Gasteiger partial charge is 0.457 e. The highest BCUT2D eigenvalue weighted by molar-refractivity contribution is 6.30. The standard InChI is InChI=1S/C32H44ClNO9/c1-4-6-14-38-16-18-40-30(36)32(31(37)41-19-17-39-15-7-5-2)42-28-13-9-11-25(29(28)43-32)20-23(3)34-22-27(35)24-10-8-12-26(33)21-24/h8-13,21,23,27,34-35H,4-7,14-20,22H2,1-3H3. The van der Waals surface area contributed by atoms with Crippen LogP contribution in [0.3, 0.4) is 0 Å². The van der Waals surface area contributed by atoms with Crippen molar-refractivity contribution >= 4 is 23.5 Å². The average Bonchev–Trinajstić information content (AvgIpc) is 3.41. The molecule has 238 valence electrons. The summed E-state index contributed by atoms with van der Waals surface area (Å²) >= 11 is 6.05. The highest BCUT2D eigenvalue weighted by Gasteiger charge is 2.60. The Balaban J connectivity index is 1.67. The number of esters is 2. The molecule has 0 spiro atoms. The molecule has 0 aromatic heterocycles. The third-order valence-corrected chi connectivity index (χ3v) is 6.96. The van der Waals surface area contributed by atoms with Crippen LogP contribution in [0.25, 0.3) is 0 Å². The number of aliphatic hydroxyl groups excluding tert-OH is 1. The fraction of sp³-hybridized carbons (Fsp3) is 0.562. The maximum Gasteiger partial charge on any atom is 0.453 e. The van der Waals surface area contributed by atoms with Crippen molar-refractivity contribution in [2.75, 3.05) is 46.2 Å². The monoisotopic (exact) mass is 621 g/mol. The first-order chi connectivity index (χ1) is 20.8. The van der Waals surface area contributed by atoms with Crippen LogP contribution in [0.4, 0.5) is 0 Å². The van der Waals surface area contributed by atoms with Gasteiger partial charge in [-0.25, -0.2) is 9.59 Å². The molecule has 1 heterocycles. The molecule has 0 saturated heterocycles. The van der Waals surface area contributed by atoms with Crippen molar-refractivity contribution in [3.05, 3.63) is 58.6 Å². The van der Waals surface area contributed by atoms with Crippen molar-refractivity contribution in [2.24, 2.45) is 0 Å². The lowest BCUT2D eigenvalue weighted by atomic mass is 10.0. The summed E-state index contributed by atoms with van der Waals surface area (Å²) in [6.45, 7) is 7.62. The van der Waals surface area contributed by atoms with Gasteiger partial charge in [0.15, 0.2) is 11.5 Å². The van der Waals surface area contributed by atoms with Crippen LogP contribution in [0.1, 0.15) is 63.7 Å². The molecule has 11 heteroatoms. The number of aliphatic hydroxyl groups is 1. The predicted molar refractivity (Wildman–Crippen MR) is 161 cm³/mol. The molecule has 0 aliphatic carbocycles. The predicted octanol–water partition coefficient (Wildman–Crippen LogP) is 4.78. The SMILES string of the molecule is CCCCOCCOC(=O)C1(C(=O)OCCOCCCC)Oc2cccc(CC(C)NCC(O)c3cccc(Cl)c3)c2O1. The highest BCUT2D eigenvalue weighted by Crippen LogP contribution is 2.43. The molecular weight excluding hydrogens is 578 g/mol. The minimum Gasteiger partial charge on any atom is -0.457 e. The van der Waals surface area contributed by atoms with E-state index in [0.717, 1.165) is 25.7 Å². The van der Waals surface area contributed by atoms with Gasteiger partial charge in [-0.2, -0.15) is 0 Å². The molecule has 0 saturated carbocycles. The van der Waals surface area contributed by atoms with E-state index in [0.29, 0.717) is 35.8 Å². The Morgan fingerprint density at radius 1 is 0.907 bits per heavy atom. The number of ether oxygens (including phenoxy) is 6. The highest BCUT2D eigenvalue weighted by atomic mass is 35.5. The van der Waals surface area contributed by atoms with Crippen LogP contribution < -0.4 is 14.8 Å². The molecule has 0 radical (unpaired) electrons. The first-order valence-electron chi connectivity index (χ1n) is 15.0. The number of halogens is 1. The summed E-state index contributed by atoms with van der Waals surface area (Å²) in [4.78, 5) is 26.6. The Kier molecular flexibility index (Phi) is 14.5. The van der Waals surface area contributed by atoms with E-state index in [2.05, 4.69) is 19.2 Å². The fourth-order valence-electron chi connectivity index (χ4n) is 4.31. The smallest absolute Gasteiger partial charge is 0.453 e. The second-order valence-corrected chi connectivity index (χ2v) is 10.8. The summed E-state index contributed by atoms with van der Waals surface area (Å²) < 4.78 is 33.5. The van der Waals surface area contributed by atoms with Gasteiger partial charge < -0.3 is 38.8 Å². The number of benzene rings is 2. The molecule has 2 unspecified atom stereocenters. The number of para-hydroxylation sites is 1. The fourth-order valence-corrected chi connectivity index (χ4v) is 4.51. The molecule has 3 rings (SSSR count). The van der Waals surface area contributed by atoms with E-state index in [1.54, 1.807) is 30.3 Å². The van der Waals surface area contributed by atoms with Gasteiger partial charge in [0.05, 0.1) is 19.3 Å². The molecule has 0 amide bonds. The number of carbonyl (C=O) groups excluding carboxylic acids is 2. The second kappa shape index (κ2) is 18.0. The Morgan fingerprint density at radius 3 is 2.14 bits per heavy atom. The number of carbonyl (C=O) groups is 2. The lowest BCUT2D eigenvalue weighted by Crippen LogP contribution is -2.56. The van der Waals surface area contributed by atoms with Crippen LogP contribution in [0.2, 0.25) is 5.02 Å². The summed E-state index contributed by atoms with van der Waals surface area (Å²) in [5.41, 5.74) is 1.40. The van der Waals surface area contributed by atoms with Gasteiger partial charge in [-0.3, -0.25) is 0 Å². The molecule has 2 aromatic rings. The number of nitrogens with one attached hydrogen (secondary N) is 1. The lowest BCUT2D eigenvalue weighted by molar-refractivity contribution is -0.204. The molecule has 1 aliphatic heterocycles. The van der Waals surface area contributed by atoms with E-state index in [9.17, 15) is 14.7 Å². The van der Waals surface area contributed by atoms with E-state index >= 15 is 0 Å². The summed E-state index contributed by atoms with van der Waals surface area (Å²) in [5, 5.41) is 14.4. The van der Waals surface area contributed by atoms with Crippen molar-refractivity contribution < 1.29 is 43.1 Å². The van der Waals surface area contributed by atoms with Gasteiger partial charge in [-0.15, -0.1) is 0 Å². The average molecular weight is 622 g/mol. The topological polar surface area (TPSA) is 122 Å². The van der Waals surface area contributed by atoms with Gasteiger partial charge in [-0.05, 0) is 55.5 Å².